The summed E-state index contributed by atoms with van der Waals surface area (Å²) >= 11 is 3.50. The molecule has 0 unspecified atom stereocenters. The van der Waals surface area contributed by atoms with Crippen LogP contribution in [0.5, 0.6) is 0 Å². The lowest BCUT2D eigenvalue weighted by atomic mass is 9.92. The first-order valence-corrected chi connectivity index (χ1v) is 10.4. The van der Waals surface area contributed by atoms with Crippen molar-refractivity contribution in [3.63, 3.8) is 0 Å². The Morgan fingerprint density at radius 2 is 1.57 bits per heavy atom. The first-order chi connectivity index (χ1) is 14.5. The molecular weight excluding hydrogens is 444 g/mol. The third-order valence-corrected chi connectivity index (χ3v) is 6.07. The van der Waals surface area contributed by atoms with Gasteiger partial charge in [0.15, 0.2) is 0 Å². The summed E-state index contributed by atoms with van der Waals surface area (Å²) in [5.41, 5.74) is 2.65. The van der Waals surface area contributed by atoms with Gasteiger partial charge >= 0.3 is 0 Å². The van der Waals surface area contributed by atoms with Crippen molar-refractivity contribution in [2.45, 2.75) is 13.5 Å². The SMILES string of the molecule is CCn1cc(C2=C(c3cccc4ccccc34)C(=O)N(O)C2=O)c2cc(Br)ccc21. The average Bonchev–Trinajstić information content (AvgIpc) is 3.22. The number of carbonyl (C=O) groups excluding carboxylic acids is 2. The van der Waals surface area contributed by atoms with E-state index in [0.29, 0.717) is 17.7 Å². The Labute approximate surface area is 180 Å². The number of fused-ring (bicyclic) bond motifs is 2. The van der Waals surface area contributed by atoms with Gasteiger partial charge in [-0.3, -0.25) is 14.8 Å². The van der Waals surface area contributed by atoms with Crippen LogP contribution in [0.4, 0.5) is 0 Å². The molecule has 2 heterocycles. The van der Waals surface area contributed by atoms with Crippen molar-refractivity contribution in [3.8, 4) is 0 Å². The van der Waals surface area contributed by atoms with Crippen LogP contribution in [-0.2, 0) is 16.1 Å². The molecule has 0 aliphatic carbocycles. The average molecular weight is 461 g/mol. The van der Waals surface area contributed by atoms with Crippen molar-refractivity contribution in [2.24, 2.45) is 0 Å². The van der Waals surface area contributed by atoms with Crippen molar-refractivity contribution < 1.29 is 14.8 Å². The number of amides is 2. The Kier molecular flexibility index (Phi) is 4.34. The first-order valence-electron chi connectivity index (χ1n) is 9.60. The van der Waals surface area contributed by atoms with Gasteiger partial charge in [-0.15, -0.1) is 5.06 Å². The summed E-state index contributed by atoms with van der Waals surface area (Å²) in [7, 11) is 0. The summed E-state index contributed by atoms with van der Waals surface area (Å²) in [6, 6.07) is 19.2. The Morgan fingerprint density at radius 3 is 2.33 bits per heavy atom. The van der Waals surface area contributed by atoms with Crippen molar-refractivity contribution in [3.05, 3.63) is 82.5 Å². The van der Waals surface area contributed by atoms with Gasteiger partial charge in [0.25, 0.3) is 11.8 Å². The minimum Gasteiger partial charge on any atom is -0.347 e. The highest BCUT2D eigenvalue weighted by Gasteiger charge is 2.40. The van der Waals surface area contributed by atoms with Crippen LogP contribution in [0, 0.1) is 0 Å². The number of rotatable bonds is 3. The molecule has 0 saturated heterocycles. The van der Waals surface area contributed by atoms with Gasteiger partial charge in [-0.2, -0.15) is 0 Å². The van der Waals surface area contributed by atoms with Crippen LogP contribution in [0.15, 0.2) is 71.3 Å². The third-order valence-electron chi connectivity index (χ3n) is 5.57. The van der Waals surface area contributed by atoms with E-state index in [9.17, 15) is 14.8 Å². The predicted molar refractivity (Wildman–Crippen MR) is 120 cm³/mol. The van der Waals surface area contributed by atoms with Crippen LogP contribution in [0.3, 0.4) is 0 Å². The second-order valence-electron chi connectivity index (χ2n) is 7.19. The molecular formula is C24H17BrN2O3. The van der Waals surface area contributed by atoms with Crippen molar-refractivity contribution in [1.29, 1.82) is 0 Å². The van der Waals surface area contributed by atoms with Gasteiger partial charge in [0.1, 0.15) is 0 Å². The summed E-state index contributed by atoms with van der Waals surface area (Å²) in [6.45, 7) is 2.73. The summed E-state index contributed by atoms with van der Waals surface area (Å²) < 4.78 is 2.90. The zero-order chi connectivity index (χ0) is 21.0. The van der Waals surface area contributed by atoms with E-state index in [4.69, 9.17) is 0 Å². The van der Waals surface area contributed by atoms with Gasteiger partial charge in [-0.05, 0) is 41.5 Å². The molecule has 5 nitrogen and oxygen atoms in total. The van der Waals surface area contributed by atoms with Gasteiger partial charge in [0.05, 0.1) is 11.1 Å². The fourth-order valence-electron chi connectivity index (χ4n) is 4.19. The molecule has 1 N–H and O–H groups in total. The number of carbonyl (C=O) groups is 2. The highest BCUT2D eigenvalue weighted by Crippen LogP contribution is 2.41. The van der Waals surface area contributed by atoms with E-state index in [-0.39, 0.29) is 16.2 Å². The molecule has 1 aromatic heterocycles. The van der Waals surface area contributed by atoms with Crippen molar-refractivity contribution in [2.75, 3.05) is 0 Å². The quantitative estimate of drug-likeness (QED) is 0.335. The minimum atomic E-state index is -0.710. The summed E-state index contributed by atoms with van der Waals surface area (Å²) in [6.07, 6.45) is 1.88. The molecule has 30 heavy (non-hydrogen) atoms. The van der Waals surface area contributed by atoms with Crippen LogP contribution < -0.4 is 0 Å². The van der Waals surface area contributed by atoms with Crippen LogP contribution in [-0.4, -0.2) is 26.7 Å². The molecule has 3 aromatic carbocycles. The molecule has 5 rings (SSSR count). The van der Waals surface area contributed by atoms with E-state index in [1.807, 2.05) is 78.4 Å². The number of halogens is 1. The lowest BCUT2D eigenvalue weighted by molar-refractivity contribution is -0.168. The molecule has 2 amide bonds. The maximum Gasteiger partial charge on any atom is 0.286 e. The molecule has 4 aromatic rings. The Hall–Kier alpha value is -3.22. The van der Waals surface area contributed by atoms with E-state index in [2.05, 4.69) is 15.9 Å². The van der Waals surface area contributed by atoms with Gasteiger partial charge < -0.3 is 4.57 Å². The van der Waals surface area contributed by atoms with Gasteiger partial charge in [0.2, 0.25) is 0 Å². The highest BCUT2D eigenvalue weighted by molar-refractivity contribution is 9.10. The molecule has 0 spiro atoms. The minimum absolute atomic E-state index is 0.217. The normalized spacial score (nSPS) is 14.6. The number of hydrogen-bond donors (Lipinski definition) is 1. The molecule has 1 aliphatic rings. The fraction of sp³-hybridized carbons (Fsp3) is 0.0833. The first kappa shape index (κ1) is 18.8. The maximum absolute atomic E-state index is 13.0. The number of hydroxylamine groups is 2. The largest absolute Gasteiger partial charge is 0.347 e. The standard InChI is InChI=1S/C24H17BrN2O3/c1-2-26-13-19(18-12-15(25)10-11-20(18)26)22-21(23(28)27(30)24(22)29)17-9-5-7-14-6-3-4-8-16(14)17/h3-13,30H,2H2,1H3. The van der Waals surface area contributed by atoms with Crippen molar-refractivity contribution in [1.82, 2.24) is 9.63 Å². The van der Waals surface area contributed by atoms with E-state index in [1.165, 1.54) is 0 Å². The molecule has 148 valence electrons. The van der Waals surface area contributed by atoms with Crippen LogP contribution in [0.2, 0.25) is 0 Å². The van der Waals surface area contributed by atoms with Gasteiger partial charge in [-0.1, -0.05) is 58.4 Å². The molecule has 1 aliphatic heterocycles. The number of aromatic nitrogens is 1. The summed E-state index contributed by atoms with van der Waals surface area (Å²) in [5, 5.41) is 13.1. The smallest absolute Gasteiger partial charge is 0.286 e. The molecule has 0 bridgehead atoms. The third kappa shape index (κ3) is 2.65. The number of aryl methyl sites for hydroxylation is 1. The molecule has 0 atom stereocenters. The Morgan fingerprint density at radius 1 is 0.867 bits per heavy atom. The lowest BCUT2D eigenvalue weighted by Gasteiger charge is -2.08. The van der Waals surface area contributed by atoms with E-state index in [0.717, 1.165) is 26.1 Å². The topological polar surface area (TPSA) is 62.5 Å². The summed E-state index contributed by atoms with van der Waals surface area (Å²) in [4.78, 5) is 26.0. The zero-order valence-corrected chi connectivity index (χ0v) is 17.7. The van der Waals surface area contributed by atoms with E-state index in [1.54, 1.807) is 0 Å². The second kappa shape index (κ2) is 6.93. The molecule has 0 fully saturated rings. The van der Waals surface area contributed by atoms with Crippen LogP contribution in [0.1, 0.15) is 18.1 Å². The second-order valence-corrected chi connectivity index (χ2v) is 8.10. The monoisotopic (exact) mass is 460 g/mol. The Bertz CT molecular complexity index is 1400. The van der Waals surface area contributed by atoms with Crippen LogP contribution >= 0.6 is 15.9 Å². The van der Waals surface area contributed by atoms with Gasteiger partial charge in [-0.25, -0.2) is 0 Å². The predicted octanol–water partition coefficient (Wildman–Crippen LogP) is 5.25. The number of imide groups is 1. The molecule has 0 saturated carbocycles. The van der Waals surface area contributed by atoms with E-state index >= 15 is 0 Å². The number of nitrogens with zero attached hydrogens (tertiary/aromatic N) is 2. The maximum atomic E-state index is 13.0. The van der Waals surface area contributed by atoms with Crippen molar-refractivity contribution >= 4 is 60.6 Å². The number of hydrogen-bond acceptors (Lipinski definition) is 3. The lowest BCUT2D eigenvalue weighted by Crippen LogP contribution is -2.27. The number of benzene rings is 3. The van der Waals surface area contributed by atoms with Crippen LogP contribution in [0.25, 0.3) is 32.8 Å². The van der Waals surface area contributed by atoms with E-state index < -0.39 is 11.8 Å². The highest BCUT2D eigenvalue weighted by atomic mass is 79.9. The fourth-order valence-corrected chi connectivity index (χ4v) is 4.55. The zero-order valence-electron chi connectivity index (χ0n) is 16.1. The Balaban J connectivity index is 1.90. The molecule has 0 radical (unpaired) electrons. The summed E-state index contributed by atoms with van der Waals surface area (Å²) in [5.74, 6) is -1.42. The molecule has 6 heteroatoms. The van der Waals surface area contributed by atoms with Gasteiger partial charge in [0, 0.05) is 33.7 Å².